The van der Waals surface area contributed by atoms with Crippen LogP contribution in [0.4, 0.5) is 8.78 Å². The van der Waals surface area contributed by atoms with Crippen molar-refractivity contribution in [2.24, 2.45) is 0 Å². The van der Waals surface area contributed by atoms with E-state index in [1.54, 1.807) is 0 Å². The van der Waals surface area contributed by atoms with Crippen LogP contribution in [0.3, 0.4) is 0 Å². The fraction of sp³-hybridized carbons (Fsp3) is 0.333. The third-order valence-electron chi connectivity index (χ3n) is 1.73. The number of alkyl halides is 2. The number of nitrogens with zero attached hydrogens (tertiary/aromatic N) is 1. The quantitative estimate of drug-likeness (QED) is 0.787. The van der Waals surface area contributed by atoms with Crippen molar-refractivity contribution in [1.29, 1.82) is 0 Å². The topological polar surface area (TPSA) is 62.2 Å². The molecule has 0 fully saturated rings. The molecule has 0 saturated heterocycles. The molecule has 0 saturated carbocycles. The van der Waals surface area contributed by atoms with E-state index in [0.717, 1.165) is 0 Å². The number of carbonyl (C=O) groups excluding carboxylic acids is 1. The summed E-state index contributed by atoms with van der Waals surface area (Å²) in [4.78, 5) is 14.9. The zero-order valence-electron chi connectivity index (χ0n) is 8.08. The number of hydrogen-bond acceptors (Lipinski definition) is 3. The van der Waals surface area contributed by atoms with Gasteiger partial charge in [-0.1, -0.05) is 11.6 Å². The minimum absolute atomic E-state index is 0.123. The van der Waals surface area contributed by atoms with Crippen LogP contribution in [0.25, 0.3) is 0 Å². The number of aliphatic hydroxyl groups is 1. The SMILES string of the molecule is O=C(NCC(F)(F)CO)c1ccc(Cl)nc1. The van der Waals surface area contributed by atoms with Crippen LogP contribution in [-0.4, -0.2) is 35.1 Å². The van der Waals surface area contributed by atoms with E-state index in [9.17, 15) is 13.6 Å². The van der Waals surface area contributed by atoms with Crippen molar-refractivity contribution in [2.75, 3.05) is 13.2 Å². The Morgan fingerprint density at radius 3 is 2.75 bits per heavy atom. The van der Waals surface area contributed by atoms with Crippen LogP contribution in [0.2, 0.25) is 5.15 Å². The molecule has 0 aromatic carbocycles. The molecule has 1 rings (SSSR count). The Morgan fingerprint density at radius 2 is 2.25 bits per heavy atom. The molecule has 0 unspecified atom stereocenters. The summed E-state index contributed by atoms with van der Waals surface area (Å²) in [6, 6.07) is 2.74. The standard InChI is InChI=1S/C9H9ClF2N2O2/c10-7-2-1-6(3-13-7)8(16)14-4-9(11,12)5-15/h1-3,15H,4-5H2,(H,14,16). The van der Waals surface area contributed by atoms with E-state index in [1.165, 1.54) is 18.3 Å². The molecule has 0 bridgehead atoms. The molecule has 16 heavy (non-hydrogen) atoms. The first-order valence-electron chi connectivity index (χ1n) is 4.33. The van der Waals surface area contributed by atoms with E-state index >= 15 is 0 Å². The van der Waals surface area contributed by atoms with Gasteiger partial charge in [0.2, 0.25) is 0 Å². The maximum absolute atomic E-state index is 12.6. The number of hydrogen-bond donors (Lipinski definition) is 2. The minimum atomic E-state index is -3.32. The molecule has 88 valence electrons. The van der Waals surface area contributed by atoms with Crippen LogP contribution in [0, 0.1) is 0 Å². The summed E-state index contributed by atoms with van der Waals surface area (Å²) in [5.74, 6) is -4.02. The van der Waals surface area contributed by atoms with Gasteiger partial charge in [-0.25, -0.2) is 13.8 Å². The molecule has 0 atom stereocenters. The molecule has 1 aromatic heterocycles. The Hall–Kier alpha value is -1.27. The lowest BCUT2D eigenvalue weighted by Gasteiger charge is -2.13. The van der Waals surface area contributed by atoms with Gasteiger partial charge in [0.25, 0.3) is 11.8 Å². The molecule has 1 amide bonds. The van der Waals surface area contributed by atoms with E-state index in [0.29, 0.717) is 0 Å². The van der Waals surface area contributed by atoms with E-state index in [2.05, 4.69) is 4.98 Å². The molecule has 0 radical (unpaired) electrons. The predicted molar refractivity (Wildman–Crippen MR) is 53.6 cm³/mol. The van der Waals surface area contributed by atoms with Crippen LogP contribution in [0.5, 0.6) is 0 Å². The van der Waals surface area contributed by atoms with Crippen molar-refractivity contribution in [3.05, 3.63) is 29.0 Å². The van der Waals surface area contributed by atoms with Crippen LogP contribution < -0.4 is 5.32 Å². The second-order valence-electron chi connectivity index (χ2n) is 3.07. The lowest BCUT2D eigenvalue weighted by Crippen LogP contribution is -2.39. The molecule has 0 aliphatic carbocycles. The third-order valence-corrected chi connectivity index (χ3v) is 1.95. The molecule has 0 spiro atoms. The van der Waals surface area contributed by atoms with Gasteiger partial charge in [-0.2, -0.15) is 0 Å². The molecule has 7 heteroatoms. The number of nitrogens with one attached hydrogen (secondary N) is 1. The lowest BCUT2D eigenvalue weighted by molar-refractivity contribution is -0.0462. The van der Waals surface area contributed by atoms with Crippen molar-refractivity contribution in [2.45, 2.75) is 5.92 Å². The minimum Gasteiger partial charge on any atom is -0.390 e. The van der Waals surface area contributed by atoms with E-state index in [4.69, 9.17) is 16.7 Å². The first-order valence-corrected chi connectivity index (χ1v) is 4.71. The molecular formula is C9H9ClF2N2O2. The fourth-order valence-corrected chi connectivity index (χ4v) is 0.989. The van der Waals surface area contributed by atoms with Crippen molar-refractivity contribution in [3.63, 3.8) is 0 Å². The Morgan fingerprint density at radius 1 is 1.56 bits per heavy atom. The van der Waals surface area contributed by atoms with Crippen LogP contribution in [0.1, 0.15) is 10.4 Å². The smallest absolute Gasteiger partial charge is 0.287 e. The van der Waals surface area contributed by atoms with Gasteiger partial charge in [-0.3, -0.25) is 4.79 Å². The number of pyridine rings is 1. The predicted octanol–water partition coefficient (Wildman–Crippen LogP) is 1.09. The van der Waals surface area contributed by atoms with Gasteiger partial charge >= 0.3 is 0 Å². The summed E-state index contributed by atoms with van der Waals surface area (Å²) < 4.78 is 25.2. The van der Waals surface area contributed by atoms with Crippen molar-refractivity contribution < 1.29 is 18.7 Å². The molecule has 4 nitrogen and oxygen atoms in total. The highest BCUT2D eigenvalue weighted by atomic mass is 35.5. The molecule has 1 aromatic rings. The highest BCUT2D eigenvalue weighted by Crippen LogP contribution is 2.10. The van der Waals surface area contributed by atoms with Crippen molar-refractivity contribution in [1.82, 2.24) is 10.3 Å². The van der Waals surface area contributed by atoms with Gasteiger partial charge in [0.05, 0.1) is 12.1 Å². The number of halogens is 3. The molecule has 2 N–H and O–H groups in total. The maximum atomic E-state index is 12.6. The first-order chi connectivity index (χ1) is 7.44. The Labute approximate surface area is 95.3 Å². The monoisotopic (exact) mass is 250 g/mol. The van der Waals surface area contributed by atoms with Crippen LogP contribution in [-0.2, 0) is 0 Å². The number of amides is 1. The molecular weight excluding hydrogens is 242 g/mol. The Bertz CT molecular complexity index is 370. The number of rotatable bonds is 4. The van der Waals surface area contributed by atoms with Gasteiger partial charge in [0.1, 0.15) is 11.8 Å². The lowest BCUT2D eigenvalue weighted by atomic mass is 10.2. The second kappa shape index (κ2) is 5.18. The Kier molecular flexibility index (Phi) is 4.14. The first kappa shape index (κ1) is 12.8. The maximum Gasteiger partial charge on any atom is 0.287 e. The average Bonchev–Trinajstić information content (AvgIpc) is 2.27. The van der Waals surface area contributed by atoms with E-state index in [-0.39, 0.29) is 10.7 Å². The van der Waals surface area contributed by atoms with Gasteiger partial charge in [-0.15, -0.1) is 0 Å². The number of carbonyl (C=O) groups is 1. The van der Waals surface area contributed by atoms with Gasteiger partial charge in [0, 0.05) is 6.20 Å². The summed E-state index contributed by atoms with van der Waals surface area (Å²) in [7, 11) is 0. The zero-order chi connectivity index (χ0) is 12.2. The summed E-state index contributed by atoms with van der Waals surface area (Å²) in [6.07, 6.45) is 1.18. The largest absolute Gasteiger partial charge is 0.390 e. The summed E-state index contributed by atoms with van der Waals surface area (Å²) >= 11 is 5.49. The summed E-state index contributed by atoms with van der Waals surface area (Å²) in [5.41, 5.74) is 0.123. The number of aromatic nitrogens is 1. The van der Waals surface area contributed by atoms with Crippen LogP contribution in [0.15, 0.2) is 18.3 Å². The third kappa shape index (κ3) is 3.71. The zero-order valence-corrected chi connectivity index (χ0v) is 8.84. The van der Waals surface area contributed by atoms with Crippen molar-refractivity contribution >= 4 is 17.5 Å². The molecule has 1 heterocycles. The molecule has 0 aliphatic rings. The fourth-order valence-electron chi connectivity index (χ4n) is 0.878. The summed E-state index contributed by atoms with van der Waals surface area (Å²) in [6.45, 7) is -2.24. The summed E-state index contributed by atoms with van der Waals surface area (Å²) in [5, 5.41) is 10.5. The Balaban J connectivity index is 2.56. The molecule has 0 aliphatic heterocycles. The van der Waals surface area contributed by atoms with E-state index < -0.39 is 25.0 Å². The van der Waals surface area contributed by atoms with Gasteiger partial charge in [-0.05, 0) is 12.1 Å². The number of aliphatic hydroxyl groups excluding tert-OH is 1. The van der Waals surface area contributed by atoms with E-state index in [1.807, 2.05) is 5.32 Å². The second-order valence-corrected chi connectivity index (χ2v) is 3.45. The van der Waals surface area contributed by atoms with Crippen molar-refractivity contribution in [3.8, 4) is 0 Å². The average molecular weight is 251 g/mol. The highest BCUT2D eigenvalue weighted by molar-refractivity contribution is 6.29. The highest BCUT2D eigenvalue weighted by Gasteiger charge is 2.28. The van der Waals surface area contributed by atoms with Gasteiger partial charge < -0.3 is 10.4 Å². The normalized spacial score (nSPS) is 11.2. The van der Waals surface area contributed by atoms with Gasteiger partial charge in [0.15, 0.2) is 0 Å². The van der Waals surface area contributed by atoms with Crippen LogP contribution >= 0.6 is 11.6 Å².